The SMILES string of the molecule is Cc1cc(F)ccc1[C@@H]1CN(C(=O)O)CCN1C(=O)NCc1cc(C(F)(F)F)cc(C(F)(F)F)c1. The van der Waals surface area contributed by atoms with Crippen molar-refractivity contribution in [2.24, 2.45) is 0 Å². The molecule has 190 valence electrons. The zero-order valence-electron chi connectivity index (χ0n) is 18.2. The molecule has 0 radical (unpaired) electrons. The van der Waals surface area contributed by atoms with Crippen LogP contribution in [0.2, 0.25) is 0 Å². The zero-order valence-corrected chi connectivity index (χ0v) is 18.2. The summed E-state index contributed by atoms with van der Waals surface area (Å²) in [5.41, 5.74) is -2.55. The molecule has 2 aromatic rings. The van der Waals surface area contributed by atoms with Crippen molar-refractivity contribution in [1.82, 2.24) is 15.1 Å². The third-order valence-electron chi connectivity index (χ3n) is 5.59. The second kappa shape index (κ2) is 9.62. The lowest BCUT2D eigenvalue weighted by atomic mass is 9.98. The molecule has 0 aromatic heterocycles. The Morgan fingerprint density at radius 2 is 1.60 bits per heavy atom. The molecular formula is C22H20F7N3O3. The number of rotatable bonds is 3. The van der Waals surface area contributed by atoms with Crippen LogP contribution in [0.15, 0.2) is 36.4 Å². The van der Waals surface area contributed by atoms with Crippen LogP contribution in [-0.2, 0) is 18.9 Å². The van der Waals surface area contributed by atoms with Crippen molar-refractivity contribution in [2.75, 3.05) is 19.6 Å². The number of urea groups is 1. The lowest BCUT2D eigenvalue weighted by Crippen LogP contribution is -2.54. The molecule has 2 aromatic carbocycles. The first-order chi connectivity index (χ1) is 16.2. The van der Waals surface area contributed by atoms with E-state index in [-0.39, 0.29) is 25.7 Å². The molecule has 0 aliphatic carbocycles. The summed E-state index contributed by atoms with van der Waals surface area (Å²) in [5.74, 6) is -0.543. The highest BCUT2D eigenvalue weighted by molar-refractivity contribution is 5.75. The summed E-state index contributed by atoms with van der Waals surface area (Å²) in [5, 5.41) is 11.7. The van der Waals surface area contributed by atoms with E-state index in [0.717, 1.165) is 11.0 Å². The van der Waals surface area contributed by atoms with E-state index in [1.807, 2.05) is 0 Å². The molecule has 0 saturated carbocycles. The number of carbonyl (C=O) groups is 2. The van der Waals surface area contributed by atoms with Crippen molar-refractivity contribution in [3.8, 4) is 0 Å². The number of hydrogen-bond donors (Lipinski definition) is 2. The van der Waals surface area contributed by atoms with Crippen molar-refractivity contribution in [3.05, 3.63) is 70.0 Å². The van der Waals surface area contributed by atoms with Gasteiger partial charge in [-0.05, 0) is 53.9 Å². The number of carbonyl (C=O) groups excluding carboxylic acids is 1. The number of carboxylic acid groups (broad SMARTS) is 1. The Bertz CT molecular complexity index is 1090. The summed E-state index contributed by atoms with van der Waals surface area (Å²) < 4.78 is 92.1. The van der Waals surface area contributed by atoms with Gasteiger partial charge < -0.3 is 20.2 Å². The van der Waals surface area contributed by atoms with E-state index >= 15 is 0 Å². The minimum Gasteiger partial charge on any atom is -0.465 e. The second-order valence-electron chi connectivity index (χ2n) is 8.01. The van der Waals surface area contributed by atoms with Gasteiger partial charge in [0.2, 0.25) is 0 Å². The third kappa shape index (κ3) is 6.14. The van der Waals surface area contributed by atoms with E-state index in [4.69, 9.17) is 0 Å². The number of hydrogen-bond acceptors (Lipinski definition) is 2. The Labute approximate surface area is 194 Å². The Morgan fingerprint density at radius 3 is 2.11 bits per heavy atom. The molecule has 2 N–H and O–H groups in total. The van der Waals surface area contributed by atoms with Crippen LogP contribution < -0.4 is 5.32 Å². The molecule has 1 atom stereocenters. The molecule has 13 heteroatoms. The molecule has 1 heterocycles. The molecule has 1 aliphatic heterocycles. The molecular weight excluding hydrogens is 487 g/mol. The summed E-state index contributed by atoms with van der Waals surface area (Å²) in [4.78, 5) is 26.6. The highest BCUT2D eigenvalue weighted by atomic mass is 19.4. The maximum atomic E-state index is 13.6. The predicted molar refractivity (Wildman–Crippen MR) is 109 cm³/mol. The van der Waals surface area contributed by atoms with E-state index < -0.39 is 59.6 Å². The fourth-order valence-electron chi connectivity index (χ4n) is 3.88. The van der Waals surface area contributed by atoms with Crippen molar-refractivity contribution in [1.29, 1.82) is 0 Å². The van der Waals surface area contributed by atoms with Crippen LogP contribution in [0.4, 0.5) is 40.3 Å². The molecule has 0 bridgehead atoms. The Morgan fingerprint density at radius 1 is 1.00 bits per heavy atom. The predicted octanol–water partition coefficient (Wildman–Crippen LogP) is 5.42. The van der Waals surface area contributed by atoms with Crippen LogP contribution in [0.1, 0.15) is 33.9 Å². The number of halogens is 7. The smallest absolute Gasteiger partial charge is 0.416 e. The van der Waals surface area contributed by atoms with E-state index in [0.29, 0.717) is 23.3 Å². The first-order valence-corrected chi connectivity index (χ1v) is 10.2. The van der Waals surface area contributed by atoms with Gasteiger partial charge in [-0.3, -0.25) is 0 Å². The quantitative estimate of drug-likeness (QED) is 0.546. The number of aryl methyl sites for hydroxylation is 1. The van der Waals surface area contributed by atoms with Crippen molar-refractivity contribution >= 4 is 12.1 Å². The van der Waals surface area contributed by atoms with Crippen molar-refractivity contribution in [2.45, 2.75) is 31.9 Å². The molecule has 6 nitrogen and oxygen atoms in total. The van der Waals surface area contributed by atoms with Gasteiger partial charge in [0.1, 0.15) is 5.82 Å². The van der Waals surface area contributed by atoms with Crippen molar-refractivity contribution in [3.63, 3.8) is 0 Å². The Balaban J connectivity index is 1.86. The summed E-state index contributed by atoms with van der Waals surface area (Å²) in [6.07, 6.45) is -11.3. The van der Waals surface area contributed by atoms with Gasteiger partial charge in [0.25, 0.3) is 0 Å². The Hall–Kier alpha value is -3.51. The van der Waals surface area contributed by atoms with Crippen LogP contribution in [-0.4, -0.2) is 46.7 Å². The van der Waals surface area contributed by atoms with Crippen LogP contribution in [0.25, 0.3) is 0 Å². The number of amides is 3. The van der Waals surface area contributed by atoms with E-state index in [2.05, 4.69) is 5.32 Å². The number of benzene rings is 2. The van der Waals surface area contributed by atoms with Gasteiger partial charge in [0.05, 0.1) is 17.2 Å². The van der Waals surface area contributed by atoms with E-state index in [1.54, 1.807) is 6.92 Å². The van der Waals surface area contributed by atoms with Gasteiger partial charge in [0, 0.05) is 26.2 Å². The van der Waals surface area contributed by atoms with Crippen LogP contribution >= 0.6 is 0 Å². The van der Waals surface area contributed by atoms with Gasteiger partial charge in [0.15, 0.2) is 0 Å². The molecule has 0 unspecified atom stereocenters. The highest BCUT2D eigenvalue weighted by Crippen LogP contribution is 2.36. The lowest BCUT2D eigenvalue weighted by molar-refractivity contribution is -0.143. The van der Waals surface area contributed by atoms with Gasteiger partial charge in [-0.25, -0.2) is 14.0 Å². The minimum absolute atomic E-state index is 0.0101. The van der Waals surface area contributed by atoms with Crippen LogP contribution in [0.5, 0.6) is 0 Å². The average Bonchev–Trinajstić information content (AvgIpc) is 2.75. The van der Waals surface area contributed by atoms with Crippen molar-refractivity contribution < 1.29 is 45.4 Å². The number of nitrogens with zero attached hydrogens (tertiary/aromatic N) is 2. The van der Waals surface area contributed by atoms with Gasteiger partial charge in [-0.2, -0.15) is 26.3 Å². The van der Waals surface area contributed by atoms with Gasteiger partial charge in [-0.1, -0.05) is 6.07 Å². The fourth-order valence-corrected chi connectivity index (χ4v) is 3.88. The van der Waals surface area contributed by atoms with Crippen LogP contribution in [0, 0.1) is 12.7 Å². The topological polar surface area (TPSA) is 72.9 Å². The minimum atomic E-state index is -5.03. The molecule has 1 fully saturated rings. The molecule has 0 spiro atoms. The standard InChI is InChI=1S/C22H20F7N3O3/c1-12-6-16(23)2-3-17(12)18-11-31(20(34)35)4-5-32(18)19(33)30-10-13-7-14(21(24,25)26)9-15(8-13)22(27,28)29/h2-3,6-9,18H,4-5,10-11H2,1H3,(H,30,33)(H,34,35)/t18-/m0/s1. The molecule has 35 heavy (non-hydrogen) atoms. The van der Waals surface area contributed by atoms with Crippen LogP contribution in [0.3, 0.4) is 0 Å². The summed E-state index contributed by atoms with van der Waals surface area (Å²) in [7, 11) is 0. The maximum Gasteiger partial charge on any atom is 0.416 e. The lowest BCUT2D eigenvalue weighted by Gasteiger charge is -2.41. The largest absolute Gasteiger partial charge is 0.465 e. The van der Waals surface area contributed by atoms with Gasteiger partial charge in [-0.15, -0.1) is 0 Å². The zero-order chi connectivity index (χ0) is 26.1. The third-order valence-corrected chi connectivity index (χ3v) is 5.59. The normalized spacial score (nSPS) is 16.9. The summed E-state index contributed by atoms with van der Waals surface area (Å²) in [6.45, 7) is 0.601. The number of alkyl halides is 6. The molecule has 1 saturated heterocycles. The van der Waals surface area contributed by atoms with Gasteiger partial charge >= 0.3 is 24.5 Å². The first kappa shape index (κ1) is 26.1. The molecule has 3 rings (SSSR count). The summed E-state index contributed by atoms with van der Waals surface area (Å²) >= 11 is 0. The molecule has 1 aliphatic rings. The Kier molecular flexibility index (Phi) is 7.18. The second-order valence-corrected chi connectivity index (χ2v) is 8.01. The summed E-state index contributed by atoms with van der Waals surface area (Å²) in [6, 6.07) is 3.07. The first-order valence-electron chi connectivity index (χ1n) is 10.2. The average molecular weight is 507 g/mol. The van der Waals surface area contributed by atoms with E-state index in [9.17, 15) is 45.4 Å². The fraction of sp³-hybridized carbons (Fsp3) is 0.364. The monoisotopic (exact) mass is 507 g/mol. The number of piperazine rings is 1. The highest BCUT2D eigenvalue weighted by Gasteiger charge is 2.37. The maximum absolute atomic E-state index is 13.6. The number of nitrogens with one attached hydrogen (secondary N) is 1. The molecule has 3 amide bonds. The van der Waals surface area contributed by atoms with E-state index in [1.165, 1.54) is 17.0 Å².